The van der Waals surface area contributed by atoms with E-state index in [0.717, 1.165) is 34.9 Å². The first-order valence-corrected chi connectivity index (χ1v) is 14.7. The number of esters is 1. The first-order valence-electron chi connectivity index (χ1n) is 13.2. The maximum atomic E-state index is 15.6. The van der Waals surface area contributed by atoms with Gasteiger partial charge in [-0.1, -0.05) is 42.5 Å². The van der Waals surface area contributed by atoms with Crippen molar-refractivity contribution in [3.05, 3.63) is 87.7 Å². The number of aliphatic hydroxyl groups is 1. The van der Waals surface area contributed by atoms with Crippen molar-refractivity contribution >= 4 is 13.7 Å². The van der Waals surface area contributed by atoms with E-state index in [4.69, 9.17) is 18.5 Å². The van der Waals surface area contributed by atoms with Gasteiger partial charge < -0.3 is 19.1 Å². The van der Waals surface area contributed by atoms with Gasteiger partial charge in [-0.15, -0.1) is 0 Å². The fourth-order valence-corrected chi connectivity index (χ4v) is 5.83. The summed E-state index contributed by atoms with van der Waals surface area (Å²) in [6, 6.07) is 16.0. The van der Waals surface area contributed by atoms with Gasteiger partial charge in [0, 0.05) is 12.3 Å². The third-order valence-corrected chi connectivity index (χ3v) is 8.12. The standard InChI is InChI=1S/C28H33FN3O9P/c1-17(2)39-25(35)18(3)31-42(37,41-21-12-10-20(11-13-21)19-8-6-5-7-9-19)38-16-22-24(34)28(4,29)26(40-22)32-15-14-23(33)30-27(32)36/h5-15,17-18,22,24,26,34H,16H2,1-4H3,(H,31,37)(H,30,33,36)/t18?,22-,24-,26-,28-,42?/m1/s1. The lowest BCUT2D eigenvalue weighted by Gasteiger charge is -2.25. The van der Waals surface area contributed by atoms with Crippen LogP contribution in [0.4, 0.5) is 4.39 Å². The van der Waals surface area contributed by atoms with Crippen LogP contribution in [0, 0.1) is 0 Å². The first kappa shape index (κ1) is 31.3. The lowest BCUT2D eigenvalue weighted by atomic mass is 9.98. The maximum absolute atomic E-state index is 15.6. The Morgan fingerprint density at radius 2 is 1.76 bits per heavy atom. The lowest BCUT2D eigenvalue weighted by molar-refractivity contribution is -0.149. The van der Waals surface area contributed by atoms with Crippen LogP contribution in [0.5, 0.6) is 5.75 Å². The molecule has 2 heterocycles. The minimum Gasteiger partial charge on any atom is -0.462 e. The molecule has 6 atom stereocenters. The molecule has 0 bridgehead atoms. The molecule has 12 nitrogen and oxygen atoms in total. The van der Waals surface area contributed by atoms with E-state index in [9.17, 15) is 24.1 Å². The zero-order chi connectivity index (χ0) is 30.7. The number of aromatic amines is 1. The van der Waals surface area contributed by atoms with Gasteiger partial charge >= 0.3 is 19.4 Å². The van der Waals surface area contributed by atoms with Gasteiger partial charge in [-0.2, -0.15) is 5.09 Å². The number of hydrogen-bond donors (Lipinski definition) is 3. The van der Waals surface area contributed by atoms with E-state index in [0.29, 0.717) is 0 Å². The summed E-state index contributed by atoms with van der Waals surface area (Å²) in [6.07, 6.45) is -4.28. The molecular formula is C28H33FN3O9P. The highest BCUT2D eigenvalue weighted by molar-refractivity contribution is 7.52. The Balaban J connectivity index is 1.54. The van der Waals surface area contributed by atoms with Crippen molar-refractivity contribution in [2.24, 2.45) is 0 Å². The van der Waals surface area contributed by atoms with Gasteiger partial charge in [0.15, 0.2) is 11.9 Å². The predicted octanol–water partition coefficient (Wildman–Crippen LogP) is 3.32. The van der Waals surface area contributed by atoms with Gasteiger partial charge in [-0.3, -0.25) is 23.7 Å². The SMILES string of the molecule is CC(C)OC(=O)C(C)NP(=O)(OC[C@H]1O[C@@H](n2ccc(=O)[nH]c2=O)[C@](C)(F)[C@@H]1O)Oc1ccc(-c2ccccc2)cc1. The largest absolute Gasteiger partial charge is 0.462 e. The lowest BCUT2D eigenvalue weighted by Crippen LogP contribution is -2.43. The van der Waals surface area contributed by atoms with E-state index in [1.54, 1.807) is 38.1 Å². The molecule has 4 rings (SSSR count). The molecule has 0 radical (unpaired) electrons. The van der Waals surface area contributed by atoms with E-state index >= 15 is 4.39 Å². The van der Waals surface area contributed by atoms with Crippen LogP contribution in [0.2, 0.25) is 0 Å². The Morgan fingerprint density at radius 1 is 1.12 bits per heavy atom. The summed E-state index contributed by atoms with van der Waals surface area (Å²) in [5.41, 5.74) is -2.33. The number of halogens is 1. The molecule has 1 aliphatic rings. The van der Waals surface area contributed by atoms with E-state index in [-0.39, 0.29) is 5.75 Å². The van der Waals surface area contributed by atoms with Crippen molar-refractivity contribution in [1.29, 1.82) is 0 Å². The number of benzene rings is 2. The van der Waals surface area contributed by atoms with Gasteiger partial charge in [-0.25, -0.2) is 13.8 Å². The number of H-pyrrole nitrogens is 1. The molecule has 1 aliphatic heterocycles. The third-order valence-electron chi connectivity index (χ3n) is 6.47. The molecule has 42 heavy (non-hydrogen) atoms. The zero-order valence-corrected chi connectivity index (χ0v) is 24.3. The number of carbonyl (C=O) groups excluding carboxylic acids is 1. The van der Waals surface area contributed by atoms with Gasteiger partial charge in [0.1, 0.15) is 24.0 Å². The molecule has 3 N–H and O–H groups in total. The molecule has 0 spiro atoms. The summed E-state index contributed by atoms with van der Waals surface area (Å²) in [7, 11) is -4.39. The van der Waals surface area contributed by atoms with Crippen LogP contribution in [0.25, 0.3) is 11.1 Å². The number of alkyl halides is 1. The third kappa shape index (κ3) is 7.23. The Bertz CT molecular complexity index is 1540. The number of nitrogens with one attached hydrogen (secondary N) is 2. The molecule has 0 saturated carbocycles. The highest BCUT2D eigenvalue weighted by Crippen LogP contribution is 2.47. The number of hydrogen-bond acceptors (Lipinski definition) is 9. The molecule has 2 unspecified atom stereocenters. The maximum Gasteiger partial charge on any atom is 0.459 e. The average Bonchev–Trinajstić information content (AvgIpc) is 3.16. The molecule has 1 saturated heterocycles. The quantitative estimate of drug-likeness (QED) is 0.219. The van der Waals surface area contributed by atoms with Crippen LogP contribution in [-0.2, 0) is 23.4 Å². The van der Waals surface area contributed by atoms with E-state index in [1.165, 1.54) is 6.92 Å². The highest BCUT2D eigenvalue weighted by atomic mass is 31.2. The smallest absolute Gasteiger partial charge is 0.459 e. The van der Waals surface area contributed by atoms with Crippen molar-refractivity contribution in [3.63, 3.8) is 0 Å². The fraction of sp³-hybridized carbons (Fsp3) is 0.393. The number of carbonyl (C=O) groups is 1. The Hall–Kier alpha value is -3.61. The van der Waals surface area contributed by atoms with Crippen LogP contribution >= 0.6 is 7.75 Å². The van der Waals surface area contributed by atoms with Gasteiger partial charge in [0.2, 0.25) is 0 Å². The van der Waals surface area contributed by atoms with E-state index < -0.39 is 67.8 Å². The number of aliphatic hydroxyl groups excluding tert-OH is 1. The minimum absolute atomic E-state index is 0.135. The van der Waals surface area contributed by atoms with Crippen molar-refractivity contribution in [2.45, 2.75) is 63.9 Å². The second-order valence-corrected chi connectivity index (χ2v) is 11.9. The minimum atomic E-state index is -4.39. The van der Waals surface area contributed by atoms with Crippen molar-refractivity contribution in [3.8, 4) is 16.9 Å². The Kier molecular flexibility index (Phi) is 9.49. The number of rotatable bonds is 11. The molecule has 3 aromatic rings. The zero-order valence-electron chi connectivity index (χ0n) is 23.4. The fourth-order valence-electron chi connectivity index (χ4n) is 4.33. The monoisotopic (exact) mass is 605 g/mol. The average molecular weight is 606 g/mol. The van der Waals surface area contributed by atoms with Crippen LogP contribution in [0.3, 0.4) is 0 Å². The topological polar surface area (TPSA) is 158 Å². The van der Waals surface area contributed by atoms with Gasteiger partial charge in [0.05, 0.1) is 12.7 Å². The summed E-state index contributed by atoms with van der Waals surface area (Å²) >= 11 is 0. The normalized spacial score (nSPS) is 24.2. The summed E-state index contributed by atoms with van der Waals surface area (Å²) in [6.45, 7) is 5.08. The van der Waals surface area contributed by atoms with Crippen LogP contribution < -0.4 is 20.9 Å². The molecule has 1 fully saturated rings. The van der Waals surface area contributed by atoms with Crippen molar-refractivity contribution in [2.75, 3.05) is 6.61 Å². The van der Waals surface area contributed by atoms with E-state index in [1.807, 2.05) is 35.3 Å². The van der Waals surface area contributed by atoms with Crippen LogP contribution in [0.1, 0.15) is 33.9 Å². The summed E-state index contributed by atoms with van der Waals surface area (Å²) in [4.78, 5) is 38.1. The first-order chi connectivity index (χ1) is 19.8. The molecule has 14 heteroatoms. The molecule has 1 aromatic heterocycles. The van der Waals surface area contributed by atoms with Gasteiger partial charge in [-0.05, 0) is 51.0 Å². The number of aromatic nitrogens is 2. The summed E-state index contributed by atoms with van der Waals surface area (Å²) in [5.74, 6) is -0.585. The summed E-state index contributed by atoms with van der Waals surface area (Å²) < 4.78 is 52.4. The molecular weight excluding hydrogens is 572 g/mol. The molecule has 0 amide bonds. The van der Waals surface area contributed by atoms with Gasteiger partial charge in [0.25, 0.3) is 5.56 Å². The number of nitrogens with zero attached hydrogens (tertiary/aromatic N) is 1. The second-order valence-electron chi connectivity index (χ2n) is 10.3. The van der Waals surface area contributed by atoms with Crippen LogP contribution in [0.15, 0.2) is 76.4 Å². The highest BCUT2D eigenvalue weighted by Gasteiger charge is 2.56. The summed E-state index contributed by atoms with van der Waals surface area (Å²) in [5, 5.41) is 13.2. The predicted molar refractivity (Wildman–Crippen MR) is 151 cm³/mol. The molecule has 0 aliphatic carbocycles. The second kappa shape index (κ2) is 12.7. The Morgan fingerprint density at radius 3 is 2.38 bits per heavy atom. The van der Waals surface area contributed by atoms with Crippen molar-refractivity contribution in [1.82, 2.24) is 14.6 Å². The number of ether oxygens (including phenoxy) is 2. The van der Waals surface area contributed by atoms with Crippen molar-refractivity contribution < 1.29 is 37.4 Å². The molecule has 226 valence electrons. The molecule has 2 aromatic carbocycles. The van der Waals surface area contributed by atoms with Crippen LogP contribution in [-0.4, -0.2) is 57.3 Å². The Labute approximate surface area is 241 Å². The van der Waals surface area contributed by atoms with E-state index in [2.05, 4.69) is 5.09 Å².